The van der Waals surface area contributed by atoms with Crippen LogP contribution in [0.5, 0.6) is 0 Å². The van der Waals surface area contributed by atoms with Gasteiger partial charge in [0.1, 0.15) is 5.82 Å². The average molecular weight is 534 g/mol. The Morgan fingerprint density at radius 1 is 1.05 bits per heavy atom. The van der Waals surface area contributed by atoms with E-state index in [-0.39, 0.29) is 29.9 Å². The van der Waals surface area contributed by atoms with Crippen LogP contribution in [-0.2, 0) is 11.3 Å². The number of aryl methyl sites for hydroxylation is 1. The topological polar surface area (TPSA) is 56.0 Å². The molecule has 5 nitrogen and oxygen atoms in total. The van der Waals surface area contributed by atoms with Crippen molar-refractivity contribution in [2.75, 3.05) is 0 Å². The minimum atomic E-state index is -0.319. The van der Waals surface area contributed by atoms with E-state index in [1.165, 1.54) is 27.8 Å². The second-order valence-electron chi connectivity index (χ2n) is 9.16. The van der Waals surface area contributed by atoms with E-state index >= 15 is 0 Å². The van der Waals surface area contributed by atoms with Gasteiger partial charge in [-0.05, 0) is 84.3 Å². The lowest BCUT2D eigenvalue weighted by Gasteiger charge is -2.18. The molecule has 0 spiro atoms. The maximum Gasteiger partial charge on any atom is 0.329 e. The Balaban J connectivity index is 1.46. The van der Waals surface area contributed by atoms with E-state index in [0.29, 0.717) is 13.0 Å². The van der Waals surface area contributed by atoms with Crippen molar-refractivity contribution in [2.24, 2.45) is 0 Å². The summed E-state index contributed by atoms with van der Waals surface area (Å²) < 4.78 is 20.9. The number of nitrogens with one attached hydrogen (secondary N) is 1. The van der Waals surface area contributed by atoms with E-state index in [1.807, 2.05) is 28.8 Å². The number of halogens is 1. The van der Waals surface area contributed by atoms with Crippen molar-refractivity contribution in [3.05, 3.63) is 99.5 Å². The molecule has 3 aromatic carbocycles. The third kappa shape index (κ3) is 5.22. The summed E-state index contributed by atoms with van der Waals surface area (Å²) in [4.78, 5) is 27.6. The van der Waals surface area contributed by atoms with E-state index in [4.69, 9.17) is 0 Å². The van der Waals surface area contributed by atoms with Gasteiger partial charge in [-0.2, -0.15) is 0 Å². The molecule has 37 heavy (non-hydrogen) atoms. The quantitative estimate of drug-likeness (QED) is 0.206. The van der Waals surface area contributed by atoms with Crippen molar-refractivity contribution in [2.45, 2.75) is 50.6 Å². The molecule has 0 saturated carbocycles. The number of imidazole rings is 1. The zero-order chi connectivity index (χ0) is 25.9. The first-order valence-electron chi connectivity index (χ1n) is 12.3. The number of carbonyl (C=O) groups is 1. The van der Waals surface area contributed by atoms with Crippen LogP contribution >= 0.6 is 23.3 Å². The predicted molar refractivity (Wildman–Crippen MR) is 151 cm³/mol. The van der Waals surface area contributed by atoms with Gasteiger partial charge in [0.15, 0.2) is 0 Å². The molecular weight excluding hydrogens is 505 g/mol. The fourth-order valence-electron chi connectivity index (χ4n) is 4.90. The molecule has 1 amide bonds. The molecule has 0 saturated heterocycles. The third-order valence-electron chi connectivity index (χ3n) is 6.59. The van der Waals surface area contributed by atoms with Gasteiger partial charge in [-0.3, -0.25) is 18.7 Å². The smallest absolute Gasteiger partial charge is 0.296 e. The molecule has 8 heteroatoms. The highest BCUT2D eigenvalue weighted by molar-refractivity contribution is 7.98. The summed E-state index contributed by atoms with van der Waals surface area (Å²) in [6, 6.07) is 19.8. The van der Waals surface area contributed by atoms with Gasteiger partial charge in [-0.25, -0.2) is 9.18 Å². The Bertz CT molecular complexity index is 1620. The first kappa shape index (κ1) is 25.3. The van der Waals surface area contributed by atoms with E-state index in [1.54, 1.807) is 28.0 Å². The van der Waals surface area contributed by atoms with Gasteiger partial charge in [-0.15, -0.1) is 11.3 Å². The number of carbonyl (C=O) groups excluding carboxylic acids is 1. The first-order chi connectivity index (χ1) is 18.0. The van der Waals surface area contributed by atoms with Crippen molar-refractivity contribution in [1.82, 2.24) is 13.9 Å². The molecule has 0 aliphatic rings. The minimum Gasteiger partial charge on any atom is -0.296 e. The van der Waals surface area contributed by atoms with Crippen LogP contribution in [0.3, 0.4) is 0 Å². The Hall–Kier alpha value is -3.36. The highest BCUT2D eigenvalue weighted by Crippen LogP contribution is 2.31. The Morgan fingerprint density at radius 3 is 2.57 bits per heavy atom. The first-order valence-corrected chi connectivity index (χ1v) is 14.0. The van der Waals surface area contributed by atoms with Crippen LogP contribution in [0, 0.1) is 12.7 Å². The number of hydrogen-bond acceptors (Lipinski definition) is 4. The summed E-state index contributed by atoms with van der Waals surface area (Å²) in [5.41, 5.74) is 3.92. The lowest BCUT2D eigenvalue weighted by atomic mass is 10.1. The molecule has 0 radical (unpaired) electrons. The number of nitrogens with zero attached hydrogens (tertiary/aromatic N) is 2. The van der Waals surface area contributed by atoms with Crippen molar-refractivity contribution in [3.63, 3.8) is 0 Å². The van der Waals surface area contributed by atoms with E-state index in [9.17, 15) is 14.0 Å². The zero-order valence-corrected chi connectivity index (χ0v) is 22.4. The average Bonchev–Trinajstić information content (AvgIpc) is 3.43. The number of rotatable bonds is 9. The molecule has 0 aliphatic carbocycles. The molecule has 1 atom stereocenters. The Morgan fingerprint density at radius 2 is 1.81 bits per heavy atom. The fourth-order valence-corrected chi connectivity index (χ4v) is 6.51. The second-order valence-corrected chi connectivity index (χ2v) is 11.0. The number of hydrogen-bond donors (Lipinski definition) is 1. The van der Waals surface area contributed by atoms with Gasteiger partial charge < -0.3 is 0 Å². The number of benzene rings is 3. The van der Waals surface area contributed by atoms with Gasteiger partial charge in [-0.1, -0.05) is 37.6 Å². The summed E-state index contributed by atoms with van der Waals surface area (Å²) in [6.45, 7) is 4.63. The summed E-state index contributed by atoms with van der Waals surface area (Å²) in [5.74, 6) is -0.490. The van der Waals surface area contributed by atoms with Crippen LogP contribution < -0.4 is 10.4 Å². The molecular formula is C29H28FN3O2S2. The third-order valence-corrected chi connectivity index (χ3v) is 8.42. The monoisotopic (exact) mass is 533 g/mol. The molecule has 5 aromatic rings. The fraction of sp³-hybridized carbons (Fsp3) is 0.241. The maximum absolute atomic E-state index is 13.9. The predicted octanol–water partition coefficient (Wildman–Crippen LogP) is 7.07. The van der Waals surface area contributed by atoms with Crippen LogP contribution in [0.2, 0.25) is 0 Å². The molecule has 0 fully saturated rings. The van der Waals surface area contributed by atoms with Crippen LogP contribution in [0.25, 0.3) is 21.1 Å². The largest absolute Gasteiger partial charge is 0.329 e. The van der Waals surface area contributed by atoms with Gasteiger partial charge in [0.2, 0.25) is 5.91 Å². The number of amides is 1. The normalized spacial score (nSPS) is 12.3. The van der Waals surface area contributed by atoms with E-state index in [2.05, 4.69) is 42.1 Å². The highest BCUT2D eigenvalue weighted by Gasteiger charge is 2.23. The van der Waals surface area contributed by atoms with Crippen molar-refractivity contribution < 1.29 is 9.18 Å². The molecule has 2 heterocycles. The summed E-state index contributed by atoms with van der Waals surface area (Å²) in [7, 11) is 0. The summed E-state index contributed by atoms with van der Waals surface area (Å²) >= 11 is 2.85. The molecule has 0 aliphatic heterocycles. The summed E-state index contributed by atoms with van der Waals surface area (Å²) in [6.07, 6.45) is 1.71. The van der Waals surface area contributed by atoms with E-state index < -0.39 is 0 Å². The van der Waals surface area contributed by atoms with Gasteiger partial charge in [0, 0.05) is 27.4 Å². The molecule has 1 N–H and O–H groups in total. The second kappa shape index (κ2) is 10.9. The van der Waals surface area contributed by atoms with Crippen LogP contribution in [-0.4, -0.2) is 15.0 Å². The molecule has 1 unspecified atom stereocenters. The number of aromatic nitrogens is 2. The van der Waals surface area contributed by atoms with Crippen LogP contribution in [0.15, 0.2) is 81.8 Å². The van der Waals surface area contributed by atoms with E-state index in [0.717, 1.165) is 39.9 Å². The Labute approximate surface area is 223 Å². The van der Waals surface area contributed by atoms with Gasteiger partial charge >= 0.3 is 5.69 Å². The number of para-hydroxylation sites is 2. The van der Waals surface area contributed by atoms with Crippen LogP contribution in [0.1, 0.15) is 43.4 Å². The lowest BCUT2D eigenvalue weighted by Crippen LogP contribution is -2.30. The summed E-state index contributed by atoms with van der Waals surface area (Å²) in [5, 5.41) is 3.35. The lowest BCUT2D eigenvalue weighted by molar-refractivity contribution is -0.120. The van der Waals surface area contributed by atoms with Crippen LogP contribution in [0.4, 0.5) is 4.39 Å². The van der Waals surface area contributed by atoms with Crippen molar-refractivity contribution in [1.29, 1.82) is 0 Å². The maximum atomic E-state index is 13.9. The minimum absolute atomic E-state index is 0.105. The molecule has 190 valence electrons. The number of thiophene rings is 1. The number of fused-ring (bicyclic) bond motifs is 2. The van der Waals surface area contributed by atoms with Crippen molar-refractivity contribution >= 4 is 50.3 Å². The molecule has 5 rings (SSSR count). The highest BCUT2D eigenvalue weighted by atomic mass is 32.2. The Kier molecular flexibility index (Phi) is 7.48. The standard InChI is InChI=1S/C29H28FN3O2S2/c1-3-7-22(16-27(34)31-37-23-14-12-21(30)13-15-23)33-25-10-5-4-9-24(25)32(29(33)35)17-20-18-36-26-11-6-8-19(2)28(20)26/h4-6,8-15,18,22H,3,7,16-17H2,1-2H3,(H,31,34). The van der Waals surface area contributed by atoms with Crippen molar-refractivity contribution in [3.8, 4) is 0 Å². The van der Waals surface area contributed by atoms with Gasteiger partial charge in [0.05, 0.1) is 17.6 Å². The van der Waals surface area contributed by atoms with Gasteiger partial charge in [0.25, 0.3) is 0 Å². The zero-order valence-electron chi connectivity index (χ0n) is 20.7. The molecule has 2 aromatic heterocycles. The SMILES string of the molecule is CCCC(CC(=O)NSc1ccc(F)cc1)n1c(=O)n(Cc2csc3cccc(C)c23)c2ccccc21. The molecule has 0 bridgehead atoms.